The van der Waals surface area contributed by atoms with Crippen LogP contribution in [0.1, 0.15) is 35.2 Å². The van der Waals surface area contributed by atoms with Gasteiger partial charge in [0.2, 0.25) is 0 Å². The average molecular weight is 305 g/mol. The van der Waals surface area contributed by atoms with Gasteiger partial charge in [-0.1, -0.05) is 11.8 Å². The second kappa shape index (κ2) is 7.96. The van der Waals surface area contributed by atoms with E-state index in [4.69, 9.17) is 5.11 Å². The Morgan fingerprint density at radius 2 is 1.95 bits per heavy atom. The Labute approximate surface area is 127 Å². The molecule has 1 aromatic carbocycles. The Bertz CT molecular complexity index is 561. The lowest BCUT2D eigenvalue weighted by atomic mass is 10.1. The van der Waals surface area contributed by atoms with Crippen LogP contribution in [0.25, 0.3) is 0 Å². The molecule has 1 aliphatic heterocycles. The molecule has 112 valence electrons. The monoisotopic (exact) mass is 305 g/mol. The van der Waals surface area contributed by atoms with Crippen LogP contribution in [0, 0.1) is 11.8 Å². The minimum atomic E-state index is -0.712. The first-order valence-corrected chi connectivity index (χ1v) is 8.53. The third kappa shape index (κ3) is 5.00. The van der Waals surface area contributed by atoms with Gasteiger partial charge in [0.15, 0.2) is 0 Å². The zero-order chi connectivity index (χ0) is 15.1. The van der Waals surface area contributed by atoms with Crippen LogP contribution < -0.4 is 5.32 Å². The number of rotatable bonds is 3. The fraction of sp³-hybridized carbons (Fsp3) is 0.438. The zero-order valence-corrected chi connectivity index (χ0v) is 12.6. The van der Waals surface area contributed by atoms with E-state index < -0.39 is 10.8 Å². The normalized spacial score (nSPS) is 21.2. The summed E-state index contributed by atoms with van der Waals surface area (Å²) in [7, 11) is -0.712. The molecular formula is C16H19NO3S. The second-order valence-electron chi connectivity index (χ2n) is 4.95. The number of nitrogens with one attached hydrogen (secondary N) is 1. The molecule has 1 aromatic rings. The zero-order valence-electron chi connectivity index (χ0n) is 11.8. The quantitative estimate of drug-likeness (QED) is 0.821. The van der Waals surface area contributed by atoms with Crippen molar-refractivity contribution in [1.82, 2.24) is 5.32 Å². The van der Waals surface area contributed by atoms with E-state index in [1.54, 1.807) is 24.3 Å². The number of carbonyl (C=O) groups is 1. The summed E-state index contributed by atoms with van der Waals surface area (Å²) < 4.78 is 11.3. The predicted octanol–water partition coefficient (Wildman–Crippen LogP) is 1.06. The standard InChI is InChI=1S/C16H19NO3S/c18-10-2-1-3-13-4-6-14(7-5-13)16(19)17-15-8-11-21(20)12-9-15/h4-7,15,18H,2,8-12H2,(H,17,19). The average Bonchev–Trinajstić information content (AvgIpc) is 2.50. The summed E-state index contributed by atoms with van der Waals surface area (Å²) in [5.41, 5.74) is 1.43. The highest BCUT2D eigenvalue weighted by atomic mass is 32.2. The lowest BCUT2D eigenvalue weighted by Gasteiger charge is -2.22. The minimum absolute atomic E-state index is 0.0552. The number of carbonyl (C=O) groups excluding carboxylic acids is 1. The van der Waals surface area contributed by atoms with E-state index in [0.29, 0.717) is 23.5 Å². The summed E-state index contributed by atoms with van der Waals surface area (Å²) in [6.45, 7) is 0.0552. The molecule has 0 saturated carbocycles. The lowest BCUT2D eigenvalue weighted by molar-refractivity contribution is 0.0934. The lowest BCUT2D eigenvalue weighted by Crippen LogP contribution is -2.39. The molecule has 0 bridgehead atoms. The van der Waals surface area contributed by atoms with Crippen molar-refractivity contribution in [3.63, 3.8) is 0 Å². The maximum atomic E-state index is 12.1. The van der Waals surface area contributed by atoms with Crippen molar-refractivity contribution in [3.05, 3.63) is 35.4 Å². The number of aliphatic hydroxyl groups is 1. The van der Waals surface area contributed by atoms with Gasteiger partial charge in [0.05, 0.1) is 6.61 Å². The van der Waals surface area contributed by atoms with Gasteiger partial charge in [-0.2, -0.15) is 0 Å². The van der Waals surface area contributed by atoms with E-state index >= 15 is 0 Å². The van der Waals surface area contributed by atoms with Crippen molar-refractivity contribution >= 4 is 16.7 Å². The summed E-state index contributed by atoms with van der Waals surface area (Å²) in [6, 6.07) is 7.22. The molecule has 0 atom stereocenters. The van der Waals surface area contributed by atoms with Gasteiger partial charge in [0.1, 0.15) is 0 Å². The fourth-order valence-electron chi connectivity index (χ4n) is 2.13. The summed E-state index contributed by atoms with van der Waals surface area (Å²) in [4.78, 5) is 12.1. The van der Waals surface area contributed by atoms with Gasteiger partial charge >= 0.3 is 0 Å². The maximum Gasteiger partial charge on any atom is 0.251 e. The fourth-order valence-corrected chi connectivity index (χ4v) is 3.43. The predicted molar refractivity (Wildman–Crippen MR) is 83.4 cm³/mol. The molecule has 1 aliphatic rings. The smallest absolute Gasteiger partial charge is 0.251 e. The van der Waals surface area contributed by atoms with Crippen LogP contribution in [0.3, 0.4) is 0 Å². The molecule has 2 rings (SSSR count). The van der Waals surface area contributed by atoms with Gasteiger partial charge in [0, 0.05) is 45.9 Å². The van der Waals surface area contributed by atoms with E-state index in [1.807, 2.05) is 0 Å². The highest BCUT2D eigenvalue weighted by Crippen LogP contribution is 2.11. The highest BCUT2D eigenvalue weighted by molar-refractivity contribution is 7.85. The van der Waals surface area contributed by atoms with Crippen LogP contribution >= 0.6 is 0 Å². The second-order valence-corrected chi connectivity index (χ2v) is 6.64. The van der Waals surface area contributed by atoms with Crippen molar-refractivity contribution in [3.8, 4) is 11.8 Å². The summed E-state index contributed by atoms with van der Waals surface area (Å²) in [5, 5.41) is 11.6. The van der Waals surface area contributed by atoms with E-state index in [1.165, 1.54) is 0 Å². The highest BCUT2D eigenvalue weighted by Gasteiger charge is 2.19. The van der Waals surface area contributed by atoms with Crippen LogP contribution in [0.4, 0.5) is 0 Å². The van der Waals surface area contributed by atoms with E-state index in [0.717, 1.165) is 18.4 Å². The van der Waals surface area contributed by atoms with Gasteiger partial charge in [-0.25, -0.2) is 0 Å². The van der Waals surface area contributed by atoms with Gasteiger partial charge in [-0.3, -0.25) is 9.00 Å². The Hall–Kier alpha value is -1.64. The molecule has 1 fully saturated rings. The topological polar surface area (TPSA) is 66.4 Å². The first-order chi connectivity index (χ1) is 10.2. The van der Waals surface area contributed by atoms with Crippen molar-refractivity contribution < 1.29 is 14.1 Å². The molecule has 21 heavy (non-hydrogen) atoms. The first-order valence-electron chi connectivity index (χ1n) is 7.04. The van der Waals surface area contributed by atoms with Crippen LogP contribution in [-0.2, 0) is 10.8 Å². The number of aliphatic hydroxyl groups excluding tert-OH is 1. The summed E-state index contributed by atoms with van der Waals surface area (Å²) in [6.07, 6.45) is 2.01. The molecule has 1 saturated heterocycles. The van der Waals surface area contributed by atoms with Crippen LogP contribution in [0.5, 0.6) is 0 Å². The molecule has 4 nitrogen and oxygen atoms in total. The van der Waals surface area contributed by atoms with E-state index in [2.05, 4.69) is 17.2 Å². The number of benzene rings is 1. The molecule has 1 amide bonds. The number of hydrogen-bond donors (Lipinski definition) is 2. The third-order valence-corrected chi connectivity index (χ3v) is 4.72. The van der Waals surface area contributed by atoms with Crippen LogP contribution in [0.15, 0.2) is 24.3 Å². The largest absolute Gasteiger partial charge is 0.395 e. The Kier molecular flexibility index (Phi) is 5.97. The molecule has 0 radical (unpaired) electrons. The molecule has 0 aromatic heterocycles. The van der Waals surface area contributed by atoms with Crippen LogP contribution in [-0.4, -0.2) is 39.4 Å². The first kappa shape index (κ1) is 15.7. The Balaban J connectivity index is 1.91. The molecule has 0 unspecified atom stereocenters. The minimum Gasteiger partial charge on any atom is -0.395 e. The number of hydrogen-bond acceptors (Lipinski definition) is 3. The number of amides is 1. The molecular weight excluding hydrogens is 286 g/mol. The van der Waals surface area contributed by atoms with Crippen molar-refractivity contribution in [1.29, 1.82) is 0 Å². The van der Waals surface area contributed by atoms with Gasteiger partial charge in [-0.15, -0.1) is 0 Å². The molecule has 0 spiro atoms. The van der Waals surface area contributed by atoms with Crippen molar-refractivity contribution in [2.75, 3.05) is 18.1 Å². The molecule has 1 heterocycles. The van der Waals surface area contributed by atoms with Crippen molar-refractivity contribution in [2.24, 2.45) is 0 Å². The summed E-state index contributed by atoms with van der Waals surface area (Å²) in [5.74, 6) is 7.01. The van der Waals surface area contributed by atoms with Crippen LogP contribution in [0.2, 0.25) is 0 Å². The van der Waals surface area contributed by atoms with Gasteiger partial charge < -0.3 is 10.4 Å². The molecule has 2 N–H and O–H groups in total. The Morgan fingerprint density at radius 3 is 2.57 bits per heavy atom. The maximum absolute atomic E-state index is 12.1. The Morgan fingerprint density at radius 1 is 1.29 bits per heavy atom. The van der Waals surface area contributed by atoms with E-state index in [-0.39, 0.29) is 18.6 Å². The molecule has 5 heteroatoms. The molecule has 0 aliphatic carbocycles. The van der Waals surface area contributed by atoms with Gasteiger partial charge in [-0.05, 0) is 37.1 Å². The summed E-state index contributed by atoms with van der Waals surface area (Å²) >= 11 is 0. The van der Waals surface area contributed by atoms with E-state index in [9.17, 15) is 9.00 Å². The van der Waals surface area contributed by atoms with Gasteiger partial charge in [0.25, 0.3) is 5.91 Å². The van der Waals surface area contributed by atoms with Crippen molar-refractivity contribution in [2.45, 2.75) is 25.3 Å². The third-order valence-electron chi connectivity index (χ3n) is 3.34. The SMILES string of the molecule is O=C(NC1CCS(=O)CC1)c1ccc(C#CCCO)cc1.